The number of pyridine rings is 1. The maximum atomic E-state index is 12.5. The summed E-state index contributed by atoms with van der Waals surface area (Å²) in [6, 6.07) is 13.2. The number of piperidine rings is 1. The molecule has 0 atom stereocenters. The summed E-state index contributed by atoms with van der Waals surface area (Å²) in [5.41, 5.74) is 1.56. The van der Waals surface area contributed by atoms with E-state index in [1.807, 2.05) is 35.2 Å². The predicted molar refractivity (Wildman–Crippen MR) is 114 cm³/mol. The average molecular weight is 419 g/mol. The molecule has 9 nitrogen and oxygen atoms in total. The molecule has 9 heteroatoms. The van der Waals surface area contributed by atoms with Crippen molar-refractivity contribution >= 4 is 11.8 Å². The molecule has 3 heterocycles. The number of rotatable bonds is 7. The number of nitrogens with one attached hydrogen (secondary N) is 1. The average Bonchev–Trinajstić information content (AvgIpc) is 3.29. The van der Waals surface area contributed by atoms with Crippen molar-refractivity contribution in [2.45, 2.75) is 38.3 Å². The van der Waals surface area contributed by atoms with E-state index in [-0.39, 0.29) is 17.9 Å². The molecule has 0 unspecified atom stereocenters. The first-order valence-corrected chi connectivity index (χ1v) is 10.5. The van der Waals surface area contributed by atoms with Gasteiger partial charge < -0.3 is 10.2 Å². The molecule has 1 fully saturated rings. The Morgan fingerprint density at radius 2 is 1.77 bits per heavy atom. The summed E-state index contributed by atoms with van der Waals surface area (Å²) in [6.45, 7) is 1.81. The monoisotopic (exact) mass is 419 g/mol. The summed E-state index contributed by atoms with van der Waals surface area (Å²) < 4.78 is 0. The number of carbonyl (C=O) groups excluding carboxylic acids is 2. The molecular weight excluding hydrogens is 394 g/mol. The number of hydrogen-bond acceptors (Lipinski definition) is 6. The number of tetrazole rings is 1. The molecule has 1 N–H and O–H groups in total. The first-order chi connectivity index (χ1) is 15.2. The molecule has 4 rings (SSSR count). The van der Waals surface area contributed by atoms with Gasteiger partial charge in [-0.3, -0.25) is 14.6 Å². The summed E-state index contributed by atoms with van der Waals surface area (Å²) in [6.07, 6.45) is 5.80. The Balaban J connectivity index is 1.17. The van der Waals surface area contributed by atoms with E-state index in [0.29, 0.717) is 43.9 Å². The Kier molecular flexibility index (Phi) is 6.61. The maximum Gasteiger partial charge on any atom is 0.253 e. The highest BCUT2D eigenvalue weighted by Gasteiger charge is 2.24. The highest BCUT2D eigenvalue weighted by Crippen LogP contribution is 2.14. The SMILES string of the molecule is O=C(CCCn1nnc(-c2ccccc2)n1)NC1CCN(C(=O)c2ccncc2)CC1. The van der Waals surface area contributed by atoms with E-state index in [2.05, 4.69) is 25.7 Å². The minimum absolute atomic E-state index is 0.0160. The van der Waals surface area contributed by atoms with Crippen LogP contribution < -0.4 is 5.32 Å². The topological polar surface area (TPSA) is 106 Å². The van der Waals surface area contributed by atoms with Crippen LogP contribution in [-0.4, -0.2) is 61.0 Å². The fraction of sp³-hybridized carbons (Fsp3) is 0.364. The molecule has 0 aliphatic carbocycles. The van der Waals surface area contributed by atoms with E-state index >= 15 is 0 Å². The van der Waals surface area contributed by atoms with E-state index < -0.39 is 0 Å². The zero-order valence-corrected chi connectivity index (χ0v) is 17.2. The number of hydrogen-bond donors (Lipinski definition) is 1. The van der Waals surface area contributed by atoms with Gasteiger partial charge in [0.25, 0.3) is 5.91 Å². The van der Waals surface area contributed by atoms with Crippen LogP contribution in [0.2, 0.25) is 0 Å². The second-order valence-corrected chi connectivity index (χ2v) is 7.55. The molecule has 0 saturated carbocycles. The number of likely N-dealkylation sites (tertiary alicyclic amines) is 1. The second-order valence-electron chi connectivity index (χ2n) is 7.55. The molecule has 3 aromatic rings. The lowest BCUT2D eigenvalue weighted by atomic mass is 10.0. The van der Waals surface area contributed by atoms with Crippen molar-refractivity contribution in [3.05, 3.63) is 60.4 Å². The summed E-state index contributed by atoms with van der Waals surface area (Å²) in [7, 11) is 0. The van der Waals surface area contributed by atoms with Gasteiger partial charge in [-0.1, -0.05) is 30.3 Å². The van der Waals surface area contributed by atoms with Gasteiger partial charge in [-0.25, -0.2) is 0 Å². The van der Waals surface area contributed by atoms with E-state index in [4.69, 9.17) is 0 Å². The van der Waals surface area contributed by atoms with Crippen molar-refractivity contribution < 1.29 is 9.59 Å². The normalized spacial score (nSPS) is 14.4. The summed E-state index contributed by atoms with van der Waals surface area (Å²) in [5.74, 6) is 0.614. The predicted octanol–water partition coefficient (Wildman–Crippen LogP) is 1.94. The quantitative estimate of drug-likeness (QED) is 0.627. The summed E-state index contributed by atoms with van der Waals surface area (Å²) >= 11 is 0. The first kappa shape index (κ1) is 20.6. The van der Waals surface area contributed by atoms with Gasteiger partial charge >= 0.3 is 0 Å². The largest absolute Gasteiger partial charge is 0.353 e. The molecule has 2 amide bonds. The Hall–Kier alpha value is -3.62. The van der Waals surface area contributed by atoms with Crippen LogP contribution in [0.15, 0.2) is 54.9 Å². The van der Waals surface area contributed by atoms with Crippen molar-refractivity contribution in [3.8, 4) is 11.4 Å². The number of carbonyl (C=O) groups is 2. The molecule has 1 aliphatic rings. The summed E-state index contributed by atoms with van der Waals surface area (Å²) in [4.78, 5) is 32.1. The lowest BCUT2D eigenvalue weighted by Gasteiger charge is -2.32. The fourth-order valence-electron chi connectivity index (χ4n) is 3.63. The van der Waals surface area contributed by atoms with E-state index in [9.17, 15) is 9.59 Å². The molecule has 0 radical (unpaired) electrons. The number of nitrogens with zero attached hydrogens (tertiary/aromatic N) is 6. The van der Waals surface area contributed by atoms with Crippen molar-refractivity contribution in [1.29, 1.82) is 0 Å². The van der Waals surface area contributed by atoms with Gasteiger partial charge in [0.2, 0.25) is 11.7 Å². The molecule has 2 aromatic heterocycles. The van der Waals surface area contributed by atoms with E-state index in [1.165, 1.54) is 4.80 Å². The molecule has 31 heavy (non-hydrogen) atoms. The van der Waals surface area contributed by atoms with Crippen LogP contribution in [0.5, 0.6) is 0 Å². The van der Waals surface area contributed by atoms with Crippen LogP contribution >= 0.6 is 0 Å². The first-order valence-electron chi connectivity index (χ1n) is 10.5. The van der Waals surface area contributed by atoms with Crippen LogP contribution in [0.25, 0.3) is 11.4 Å². The number of benzene rings is 1. The third-order valence-electron chi connectivity index (χ3n) is 5.32. The van der Waals surface area contributed by atoms with Crippen LogP contribution in [0.3, 0.4) is 0 Å². The third kappa shape index (κ3) is 5.50. The molecule has 1 aromatic carbocycles. The minimum Gasteiger partial charge on any atom is -0.353 e. The van der Waals surface area contributed by atoms with Crippen molar-refractivity contribution in [2.75, 3.05) is 13.1 Å². The lowest BCUT2D eigenvalue weighted by molar-refractivity contribution is -0.122. The fourth-order valence-corrected chi connectivity index (χ4v) is 3.63. The molecule has 160 valence electrons. The highest BCUT2D eigenvalue weighted by molar-refractivity contribution is 5.94. The van der Waals surface area contributed by atoms with Crippen LogP contribution in [0.4, 0.5) is 0 Å². The van der Waals surface area contributed by atoms with Gasteiger partial charge in [-0.05, 0) is 36.6 Å². The van der Waals surface area contributed by atoms with E-state index in [0.717, 1.165) is 18.4 Å². The highest BCUT2D eigenvalue weighted by atomic mass is 16.2. The summed E-state index contributed by atoms with van der Waals surface area (Å²) in [5, 5.41) is 15.6. The Morgan fingerprint density at radius 1 is 1.03 bits per heavy atom. The van der Waals surface area contributed by atoms with E-state index in [1.54, 1.807) is 24.5 Å². The van der Waals surface area contributed by atoms with Gasteiger partial charge in [0.05, 0.1) is 6.54 Å². The zero-order valence-electron chi connectivity index (χ0n) is 17.2. The van der Waals surface area contributed by atoms with Crippen LogP contribution in [-0.2, 0) is 11.3 Å². The number of amides is 2. The van der Waals surface area contributed by atoms with Gasteiger partial charge in [-0.15, -0.1) is 10.2 Å². The van der Waals surface area contributed by atoms with Gasteiger partial charge in [0.15, 0.2) is 0 Å². The Bertz CT molecular complexity index is 999. The second kappa shape index (κ2) is 9.92. The molecule has 0 bridgehead atoms. The van der Waals surface area contributed by atoms with Crippen molar-refractivity contribution in [1.82, 2.24) is 35.4 Å². The molecule has 1 aliphatic heterocycles. The Morgan fingerprint density at radius 3 is 2.52 bits per heavy atom. The van der Waals surface area contributed by atoms with Gasteiger partial charge in [0.1, 0.15) is 0 Å². The molecule has 0 spiro atoms. The van der Waals surface area contributed by atoms with Crippen LogP contribution in [0, 0.1) is 0 Å². The van der Waals surface area contributed by atoms with Crippen molar-refractivity contribution in [2.24, 2.45) is 0 Å². The number of aryl methyl sites for hydroxylation is 1. The van der Waals surface area contributed by atoms with Gasteiger partial charge in [0, 0.05) is 49.1 Å². The standard InChI is InChI=1S/C22H25N7O2/c30-20(7-4-14-29-26-21(25-27-29)17-5-2-1-3-6-17)24-19-10-15-28(16-11-19)22(31)18-8-12-23-13-9-18/h1-3,5-6,8-9,12-13,19H,4,7,10-11,14-16H2,(H,24,30). The lowest BCUT2D eigenvalue weighted by Crippen LogP contribution is -2.46. The van der Waals surface area contributed by atoms with Crippen molar-refractivity contribution in [3.63, 3.8) is 0 Å². The minimum atomic E-state index is 0.0160. The third-order valence-corrected chi connectivity index (χ3v) is 5.32. The molecular formula is C22H25N7O2. The zero-order chi connectivity index (χ0) is 21.5. The molecule has 1 saturated heterocycles. The number of aromatic nitrogens is 5. The smallest absolute Gasteiger partial charge is 0.253 e. The van der Waals surface area contributed by atoms with Gasteiger partial charge in [-0.2, -0.15) is 4.80 Å². The Labute approximate surface area is 180 Å². The van der Waals surface area contributed by atoms with Crippen LogP contribution in [0.1, 0.15) is 36.0 Å². The maximum absolute atomic E-state index is 12.5.